The maximum absolute atomic E-state index is 12.4. The summed E-state index contributed by atoms with van der Waals surface area (Å²) in [5, 5.41) is 6.15. The first-order chi connectivity index (χ1) is 10.3. The number of amides is 1. The number of benzene rings is 2. The van der Waals surface area contributed by atoms with E-state index in [4.69, 9.17) is 4.74 Å². The second-order valence-electron chi connectivity index (χ2n) is 5.23. The number of nitrogens with zero attached hydrogens (tertiary/aromatic N) is 2. The highest BCUT2D eigenvalue weighted by atomic mass is 16.5. The number of methoxy groups -OCH3 is 1. The largest absolute Gasteiger partial charge is 0.497 e. The zero-order chi connectivity index (χ0) is 14.4. The van der Waals surface area contributed by atoms with Crippen molar-refractivity contribution in [3.8, 4) is 5.75 Å². The molecular formula is C17H14N2O2. The van der Waals surface area contributed by atoms with Crippen LogP contribution in [0.15, 0.2) is 53.6 Å². The summed E-state index contributed by atoms with van der Waals surface area (Å²) in [5.74, 6) is 0.818. The molecule has 0 aromatic heterocycles. The molecule has 21 heavy (non-hydrogen) atoms. The van der Waals surface area contributed by atoms with Gasteiger partial charge in [-0.2, -0.15) is 5.10 Å². The lowest BCUT2D eigenvalue weighted by molar-refractivity contribution is 0.0756. The fourth-order valence-electron chi connectivity index (χ4n) is 3.00. The summed E-state index contributed by atoms with van der Waals surface area (Å²) < 4.78 is 5.17. The Labute approximate surface area is 122 Å². The maximum atomic E-state index is 12.4. The predicted octanol–water partition coefficient (Wildman–Crippen LogP) is 3.00. The smallest absolute Gasteiger partial charge is 0.274 e. The molecular weight excluding hydrogens is 264 g/mol. The number of hydrogen-bond donors (Lipinski definition) is 0. The first-order valence-corrected chi connectivity index (χ1v) is 6.92. The number of ether oxygens (including phenoxy) is 1. The van der Waals surface area contributed by atoms with Gasteiger partial charge < -0.3 is 4.74 Å². The average molecular weight is 278 g/mol. The molecule has 0 fully saturated rings. The molecule has 4 rings (SSSR count). The van der Waals surface area contributed by atoms with Gasteiger partial charge in [-0.1, -0.05) is 18.2 Å². The van der Waals surface area contributed by atoms with Gasteiger partial charge >= 0.3 is 0 Å². The zero-order valence-electron chi connectivity index (χ0n) is 11.6. The van der Waals surface area contributed by atoms with Crippen molar-refractivity contribution in [2.45, 2.75) is 12.5 Å². The molecule has 2 aliphatic heterocycles. The fourth-order valence-corrected chi connectivity index (χ4v) is 3.00. The molecule has 2 aromatic carbocycles. The predicted molar refractivity (Wildman–Crippen MR) is 79.5 cm³/mol. The molecule has 0 N–H and O–H groups in total. The number of hydrazone groups is 1. The molecule has 2 aliphatic rings. The van der Waals surface area contributed by atoms with Crippen LogP contribution in [-0.2, 0) is 0 Å². The summed E-state index contributed by atoms with van der Waals surface area (Å²) in [6.07, 6.45) is 0.759. The fraction of sp³-hybridized carbons (Fsp3) is 0.176. The van der Waals surface area contributed by atoms with E-state index in [0.29, 0.717) is 0 Å². The third-order valence-electron chi connectivity index (χ3n) is 4.09. The van der Waals surface area contributed by atoms with Crippen molar-refractivity contribution in [1.82, 2.24) is 5.01 Å². The van der Waals surface area contributed by atoms with Crippen LogP contribution in [0.25, 0.3) is 0 Å². The highest BCUT2D eigenvalue weighted by Crippen LogP contribution is 2.40. The average Bonchev–Trinajstić information content (AvgIpc) is 3.08. The molecule has 2 heterocycles. The van der Waals surface area contributed by atoms with Crippen LogP contribution in [0.3, 0.4) is 0 Å². The molecule has 0 saturated carbocycles. The molecule has 2 aromatic rings. The van der Waals surface area contributed by atoms with Gasteiger partial charge in [-0.25, -0.2) is 5.01 Å². The van der Waals surface area contributed by atoms with Crippen molar-refractivity contribution in [2.24, 2.45) is 5.10 Å². The third-order valence-corrected chi connectivity index (χ3v) is 4.09. The molecule has 1 unspecified atom stereocenters. The van der Waals surface area contributed by atoms with Crippen molar-refractivity contribution in [1.29, 1.82) is 0 Å². The molecule has 0 bridgehead atoms. The van der Waals surface area contributed by atoms with Gasteiger partial charge in [0, 0.05) is 12.0 Å². The molecule has 4 nitrogen and oxygen atoms in total. The van der Waals surface area contributed by atoms with Gasteiger partial charge in [-0.15, -0.1) is 0 Å². The number of carbonyl (C=O) groups excluding carboxylic acids is 1. The molecule has 1 atom stereocenters. The molecule has 0 spiro atoms. The summed E-state index contributed by atoms with van der Waals surface area (Å²) in [6.45, 7) is 0. The Kier molecular flexibility index (Phi) is 2.57. The number of carbonyl (C=O) groups is 1. The Morgan fingerprint density at radius 1 is 1.14 bits per heavy atom. The minimum Gasteiger partial charge on any atom is -0.497 e. The van der Waals surface area contributed by atoms with E-state index in [-0.39, 0.29) is 11.9 Å². The Balaban J connectivity index is 1.68. The Morgan fingerprint density at radius 2 is 1.90 bits per heavy atom. The summed E-state index contributed by atoms with van der Waals surface area (Å²) in [4.78, 5) is 12.4. The second-order valence-corrected chi connectivity index (χ2v) is 5.23. The lowest BCUT2D eigenvalue weighted by Crippen LogP contribution is -2.17. The van der Waals surface area contributed by atoms with Gasteiger partial charge in [0.05, 0.1) is 18.9 Å². The monoisotopic (exact) mass is 278 g/mol. The van der Waals surface area contributed by atoms with Crippen LogP contribution in [0.5, 0.6) is 5.75 Å². The van der Waals surface area contributed by atoms with E-state index in [9.17, 15) is 4.79 Å². The first kappa shape index (κ1) is 12.1. The molecule has 0 saturated heterocycles. The SMILES string of the molecule is COc1ccc(C2=NN3C(=O)c4ccccc4C3C2)cc1. The van der Waals surface area contributed by atoms with Gasteiger partial charge in [0.2, 0.25) is 0 Å². The Bertz CT molecular complexity index is 750. The van der Waals surface area contributed by atoms with Crippen molar-refractivity contribution in [3.05, 3.63) is 65.2 Å². The van der Waals surface area contributed by atoms with E-state index >= 15 is 0 Å². The van der Waals surface area contributed by atoms with Crippen molar-refractivity contribution < 1.29 is 9.53 Å². The molecule has 4 heteroatoms. The van der Waals surface area contributed by atoms with Crippen LogP contribution in [0.1, 0.15) is 33.9 Å². The highest BCUT2D eigenvalue weighted by Gasteiger charge is 2.41. The number of fused-ring (bicyclic) bond motifs is 3. The Morgan fingerprint density at radius 3 is 2.67 bits per heavy atom. The standard InChI is InChI=1S/C17H14N2O2/c1-21-12-8-6-11(7-9-12)15-10-16-13-4-2-3-5-14(13)17(20)19(16)18-15/h2-9,16H,10H2,1H3. The van der Waals surface area contributed by atoms with Crippen molar-refractivity contribution in [3.63, 3.8) is 0 Å². The molecule has 0 aliphatic carbocycles. The van der Waals surface area contributed by atoms with Crippen molar-refractivity contribution >= 4 is 11.6 Å². The van der Waals surface area contributed by atoms with E-state index < -0.39 is 0 Å². The first-order valence-electron chi connectivity index (χ1n) is 6.92. The van der Waals surface area contributed by atoms with Crippen LogP contribution < -0.4 is 4.74 Å². The lowest BCUT2D eigenvalue weighted by atomic mass is 9.98. The van der Waals surface area contributed by atoms with E-state index in [1.54, 1.807) is 12.1 Å². The second kappa shape index (κ2) is 4.45. The van der Waals surface area contributed by atoms with Crippen LogP contribution in [-0.4, -0.2) is 23.7 Å². The maximum Gasteiger partial charge on any atom is 0.274 e. The van der Waals surface area contributed by atoms with Crippen LogP contribution in [0.4, 0.5) is 0 Å². The van der Waals surface area contributed by atoms with E-state index in [1.165, 1.54) is 0 Å². The molecule has 1 amide bonds. The van der Waals surface area contributed by atoms with Gasteiger partial charge in [0.15, 0.2) is 0 Å². The van der Waals surface area contributed by atoms with E-state index in [2.05, 4.69) is 5.10 Å². The summed E-state index contributed by atoms with van der Waals surface area (Å²) in [5.41, 5.74) is 3.84. The van der Waals surface area contributed by atoms with Crippen LogP contribution >= 0.6 is 0 Å². The summed E-state index contributed by atoms with van der Waals surface area (Å²) >= 11 is 0. The van der Waals surface area contributed by atoms with Gasteiger partial charge in [0.25, 0.3) is 5.91 Å². The molecule has 104 valence electrons. The minimum absolute atomic E-state index is 0.000823. The quantitative estimate of drug-likeness (QED) is 0.847. The minimum atomic E-state index is -0.000823. The van der Waals surface area contributed by atoms with Crippen LogP contribution in [0, 0.1) is 0 Å². The van der Waals surface area contributed by atoms with E-state index in [0.717, 1.165) is 34.6 Å². The highest BCUT2D eigenvalue weighted by molar-refractivity contribution is 6.07. The number of hydrogen-bond acceptors (Lipinski definition) is 3. The molecule has 0 radical (unpaired) electrons. The van der Waals surface area contributed by atoms with Gasteiger partial charge in [-0.05, 0) is 41.5 Å². The van der Waals surface area contributed by atoms with Crippen LogP contribution in [0.2, 0.25) is 0 Å². The topological polar surface area (TPSA) is 41.9 Å². The lowest BCUT2D eigenvalue weighted by Gasteiger charge is -2.10. The Hall–Kier alpha value is -2.62. The summed E-state index contributed by atoms with van der Waals surface area (Å²) in [7, 11) is 1.65. The number of rotatable bonds is 2. The third kappa shape index (κ3) is 1.76. The summed E-state index contributed by atoms with van der Waals surface area (Å²) in [6, 6.07) is 15.6. The van der Waals surface area contributed by atoms with Gasteiger partial charge in [-0.3, -0.25) is 4.79 Å². The van der Waals surface area contributed by atoms with Crippen molar-refractivity contribution in [2.75, 3.05) is 7.11 Å². The van der Waals surface area contributed by atoms with E-state index in [1.807, 2.05) is 48.5 Å². The van der Waals surface area contributed by atoms with Gasteiger partial charge in [0.1, 0.15) is 5.75 Å². The zero-order valence-corrected chi connectivity index (χ0v) is 11.6. The normalized spacial score (nSPS) is 19.3.